The molecule has 1 aliphatic rings. The molecule has 2 amide bonds. The standard InChI is InChI=1S/C25H27N3O2S/c1-25(2,3)17-9-10-19-20(15-17)31-24(28-22(29)16-11-13-26-14-12-16)21(19)23(30)27-18-7-5-4-6-8-18/h4-8,11-14,17H,9-10,15H2,1-3H3,(H,27,30)(H,28,29). The Morgan fingerprint density at radius 3 is 2.39 bits per heavy atom. The van der Waals surface area contributed by atoms with E-state index in [0.29, 0.717) is 22.0 Å². The van der Waals surface area contributed by atoms with Crippen molar-refractivity contribution in [1.82, 2.24) is 4.98 Å². The van der Waals surface area contributed by atoms with Gasteiger partial charge in [0.25, 0.3) is 11.8 Å². The first-order valence-electron chi connectivity index (χ1n) is 10.5. The van der Waals surface area contributed by atoms with Crippen molar-refractivity contribution in [3.8, 4) is 0 Å². The molecule has 2 N–H and O–H groups in total. The minimum absolute atomic E-state index is 0.178. The third-order valence-electron chi connectivity index (χ3n) is 5.92. The highest BCUT2D eigenvalue weighted by atomic mass is 32.1. The number of nitrogens with zero attached hydrogens (tertiary/aromatic N) is 1. The molecule has 1 aliphatic carbocycles. The lowest BCUT2D eigenvalue weighted by molar-refractivity contribution is 0.102. The van der Waals surface area contributed by atoms with Crippen molar-refractivity contribution in [2.24, 2.45) is 11.3 Å². The number of aromatic nitrogens is 1. The molecule has 1 atom stereocenters. The number of para-hydroxylation sites is 1. The number of thiophene rings is 1. The van der Waals surface area contributed by atoms with Crippen LogP contribution in [0.25, 0.3) is 0 Å². The molecule has 4 rings (SSSR count). The zero-order valence-electron chi connectivity index (χ0n) is 18.1. The predicted molar refractivity (Wildman–Crippen MR) is 126 cm³/mol. The highest BCUT2D eigenvalue weighted by Crippen LogP contribution is 2.44. The van der Waals surface area contributed by atoms with Gasteiger partial charge in [-0.15, -0.1) is 11.3 Å². The van der Waals surface area contributed by atoms with Gasteiger partial charge in [-0.25, -0.2) is 0 Å². The number of carbonyl (C=O) groups excluding carboxylic acids is 2. The average Bonchev–Trinajstić information content (AvgIpc) is 3.11. The molecule has 2 heterocycles. The molecule has 0 fully saturated rings. The number of hydrogen-bond acceptors (Lipinski definition) is 4. The van der Waals surface area contributed by atoms with Crippen LogP contribution in [-0.4, -0.2) is 16.8 Å². The number of fused-ring (bicyclic) bond motifs is 1. The largest absolute Gasteiger partial charge is 0.322 e. The molecule has 0 saturated heterocycles. The van der Waals surface area contributed by atoms with Gasteiger partial charge in [-0.2, -0.15) is 0 Å². The number of hydrogen-bond donors (Lipinski definition) is 2. The molecule has 3 aromatic rings. The van der Waals surface area contributed by atoms with Crippen LogP contribution in [0, 0.1) is 11.3 Å². The smallest absolute Gasteiger partial charge is 0.258 e. The fraction of sp³-hybridized carbons (Fsp3) is 0.320. The quantitative estimate of drug-likeness (QED) is 0.546. The molecule has 1 aromatic carbocycles. The highest BCUT2D eigenvalue weighted by Gasteiger charge is 2.34. The molecule has 2 aromatic heterocycles. The van der Waals surface area contributed by atoms with Gasteiger partial charge in [-0.3, -0.25) is 14.6 Å². The van der Waals surface area contributed by atoms with E-state index in [1.807, 2.05) is 30.3 Å². The summed E-state index contributed by atoms with van der Waals surface area (Å²) >= 11 is 1.54. The van der Waals surface area contributed by atoms with Gasteiger partial charge in [-0.1, -0.05) is 39.0 Å². The van der Waals surface area contributed by atoms with Crippen LogP contribution in [0.15, 0.2) is 54.9 Å². The van der Waals surface area contributed by atoms with E-state index in [4.69, 9.17) is 0 Å². The molecular weight excluding hydrogens is 406 g/mol. The van der Waals surface area contributed by atoms with Crippen LogP contribution < -0.4 is 10.6 Å². The van der Waals surface area contributed by atoms with E-state index in [1.54, 1.807) is 24.5 Å². The van der Waals surface area contributed by atoms with E-state index in [9.17, 15) is 9.59 Å². The summed E-state index contributed by atoms with van der Waals surface area (Å²) < 4.78 is 0. The summed E-state index contributed by atoms with van der Waals surface area (Å²) in [5.74, 6) is 0.137. The predicted octanol–water partition coefficient (Wildman–Crippen LogP) is 5.80. The molecule has 0 aliphatic heterocycles. The van der Waals surface area contributed by atoms with Crippen molar-refractivity contribution in [3.63, 3.8) is 0 Å². The van der Waals surface area contributed by atoms with Crippen LogP contribution >= 0.6 is 11.3 Å². The Labute approximate surface area is 186 Å². The fourth-order valence-electron chi connectivity index (χ4n) is 4.05. The van der Waals surface area contributed by atoms with Gasteiger partial charge in [0.15, 0.2) is 0 Å². The van der Waals surface area contributed by atoms with Gasteiger partial charge in [0, 0.05) is 28.5 Å². The minimum atomic E-state index is -0.234. The van der Waals surface area contributed by atoms with E-state index < -0.39 is 0 Å². The summed E-state index contributed by atoms with van der Waals surface area (Å²) in [7, 11) is 0. The van der Waals surface area contributed by atoms with Crippen molar-refractivity contribution in [1.29, 1.82) is 0 Å². The second kappa shape index (κ2) is 8.63. The summed E-state index contributed by atoms with van der Waals surface area (Å²) in [6.45, 7) is 6.81. The van der Waals surface area contributed by atoms with Crippen LogP contribution in [0.5, 0.6) is 0 Å². The second-order valence-electron chi connectivity index (χ2n) is 9.02. The van der Waals surface area contributed by atoms with Crippen molar-refractivity contribution >= 4 is 33.8 Å². The number of pyridine rings is 1. The van der Waals surface area contributed by atoms with Crippen LogP contribution in [0.2, 0.25) is 0 Å². The first-order valence-corrected chi connectivity index (χ1v) is 11.4. The Morgan fingerprint density at radius 2 is 1.71 bits per heavy atom. The zero-order valence-corrected chi connectivity index (χ0v) is 18.9. The second-order valence-corrected chi connectivity index (χ2v) is 10.1. The van der Waals surface area contributed by atoms with E-state index in [1.165, 1.54) is 16.2 Å². The zero-order chi connectivity index (χ0) is 22.0. The topological polar surface area (TPSA) is 71.1 Å². The van der Waals surface area contributed by atoms with Gasteiger partial charge in [0.1, 0.15) is 5.00 Å². The fourth-order valence-corrected chi connectivity index (χ4v) is 5.37. The lowest BCUT2D eigenvalue weighted by Crippen LogP contribution is -2.27. The molecule has 31 heavy (non-hydrogen) atoms. The Hall–Kier alpha value is -2.99. The Kier molecular flexibility index (Phi) is 5.92. The molecule has 0 bridgehead atoms. The summed E-state index contributed by atoms with van der Waals surface area (Å²) in [6, 6.07) is 12.8. The summed E-state index contributed by atoms with van der Waals surface area (Å²) in [5.41, 5.74) is 3.13. The van der Waals surface area contributed by atoms with E-state index in [-0.39, 0.29) is 17.2 Å². The molecule has 160 valence electrons. The van der Waals surface area contributed by atoms with E-state index in [0.717, 1.165) is 30.5 Å². The molecule has 5 nitrogen and oxygen atoms in total. The summed E-state index contributed by atoms with van der Waals surface area (Å²) in [5, 5.41) is 6.61. The maximum atomic E-state index is 13.3. The first kappa shape index (κ1) is 21.2. The third-order valence-corrected chi connectivity index (χ3v) is 7.09. The van der Waals surface area contributed by atoms with Crippen molar-refractivity contribution in [2.45, 2.75) is 40.0 Å². The number of nitrogens with one attached hydrogen (secondary N) is 2. The van der Waals surface area contributed by atoms with Crippen LogP contribution in [0.1, 0.15) is 58.3 Å². The molecule has 0 saturated carbocycles. The van der Waals surface area contributed by atoms with Crippen LogP contribution in [-0.2, 0) is 12.8 Å². The Bertz CT molecular complexity index is 1090. The van der Waals surface area contributed by atoms with Crippen molar-refractivity contribution in [2.75, 3.05) is 10.6 Å². The highest BCUT2D eigenvalue weighted by molar-refractivity contribution is 7.17. The molecule has 1 unspecified atom stereocenters. The Morgan fingerprint density at radius 1 is 1.00 bits per heavy atom. The summed E-state index contributed by atoms with van der Waals surface area (Å²) in [6.07, 6.45) is 5.99. The number of benzene rings is 1. The van der Waals surface area contributed by atoms with Crippen LogP contribution in [0.3, 0.4) is 0 Å². The van der Waals surface area contributed by atoms with Gasteiger partial charge in [0.2, 0.25) is 0 Å². The number of amides is 2. The maximum Gasteiger partial charge on any atom is 0.258 e. The average molecular weight is 434 g/mol. The van der Waals surface area contributed by atoms with E-state index >= 15 is 0 Å². The monoisotopic (exact) mass is 433 g/mol. The SMILES string of the molecule is CC(C)(C)C1CCc2c(sc(NC(=O)c3ccncc3)c2C(=O)Nc2ccccc2)C1. The summed E-state index contributed by atoms with van der Waals surface area (Å²) in [4.78, 5) is 31.3. The third kappa shape index (κ3) is 4.69. The molecule has 0 spiro atoms. The molecule has 0 radical (unpaired) electrons. The number of anilines is 2. The lowest BCUT2D eigenvalue weighted by atomic mass is 9.72. The van der Waals surface area contributed by atoms with Crippen molar-refractivity contribution < 1.29 is 9.59 Å². The normalized spacial score (nSPS) is 15.8. The molecule has 6 heteroatoms. The van der Waals surface area contributed by atoms with Crippen molar-refractivity contribution in [3.05, 3.63) is 76.4 Å². The molecular formula is C25H27N3O2S. The lowest BCUT2D eigenvalue weighted by Gasteiger charge is -2.33. The minimum Gasteiger partial charge on any atom is -0.322 e. The van der Waals surface area contributed by atoms with Gasteiger partial charge in [0.05, 0.1) is 5.56 Å². The first-order chi connectivity index (χ1) is 14.8. The Balaban J connectivity index is 1.68. The van der Waals surface area contributed by atoms with Gasteiger partial charge < -0.3 is 10.6 Å². The van der Waals surface area contributed by atoms with Gasteiger partial charge in [-0.05, 0) is 60.4 Å². The van der Waals surface area contributed by atoms with E-state index in [2.05, 4.69) is 36.4 Å². The maximum absolute atomic E-state index is 13.3. The van der Waals surface area contributed by atoms with Crippen LogP contribution in [0.4, 0.5) is 10.7 Å². The van der Waals surface area contributed by atoms with Gasteiger partial charge >= 0.3 is 0 Å². The number of carbonyl (C=O) groups is 2. The number of rotatable bonds is 4.